The van der Waals surface area contributed by atoms with Crippen molar-refractivity contribution in [3.8, 4) is 0 Å². The van der Waals surface area contributed by atoms with Crippen LogP contribution in [0.3, 0.4) is 0 Å². The first-order valence-electron chi connectivity index (χ1n) is 6.19. The summed E-state index contributed by atoms with van der Waals surface area (Å²) in [7, 11) is 1.74. The second kappa shape index (κ2) is 6.02. The molecule has 88 valence electrons. The van der Waals surface area contributed by atoms with Crippen LogP contribution in [0.5, 0.6) is 0 Å². The molecule has 1 N–H and O–H groups in total. The van der Waals surface area contributed by atoms with E-state index in [0.717, 1.165) is 32.0 Å². The van der Waals surface area contributed by atoms with Gasteiger partial charge in [0.1, 0.15) is 0 Å². The molecule has 1 aromatic carbocycles. The predicted octanol–water partition coefficient (Wildman–Crippen LogP) is 2.34. The third-order valence-electron chi connectivity index (χ3n) is 3.13. The first-order chi connectivity index (χ1) is 7.92. The molecule has 0 spiro atoms. The van der Waals surface area contributed by atoms with Crippen molar-refractivity contribution in [3.05, 3.63) is 35.4 Å². The first-order valence-corrected chi connectivity index (χ1v) is 6.19. The van der Waals surface area contributed by atoms with E-state index in [1.165, 1.54) is 18.4 Å². The van der Waals surface area contributed by atoms with E-state index in [1.54, 1.807) is 12.7 Å². The molecule has 1 aromatic rings. The van der Waals surface area contributed by atoms with Gasteiger partial charge in [-0.15, -0.1) is 0 Å². The maximum absolute atomic E-state index is 5.00. The molecule has 1 saturated carbocycles. The van der Waals surface area contributed by atoms with Crippen LogP contribution in [-0.4, -0.2) is 26.8 Å². The zero-order valence-electron chi connectivity index (χ0n) is 10.0. The van der Waals surface area contributed by atoms with Gasteiger partial charge in [-0.05, 0) is 42.9 Å². The molecular weight excluding hydrogens is 198 g/mol. The maximum Gasteiger partial charge on any atom is 0.0587 e. The third kappa shape index (κ3) is 3.32. The summed E-state index contributed by atoms with van der Waals surface area (Å²) >= 11 is 0. The number of rotatable bonds is 7. The minimum Gasteiger partial charge on any atom is -0.383 e. The van der Waals surface area contributed by atoms with Crippen molar-refractivity contribution < 1.29 is 4.74 Å². The Kier molecular flexibility index (Phi) is 4.37. The molecule has 0 atom stereocenters. The van der Waals surface area contributed by atoms with Crippen molar-refractivity contribution in [3.63, 3.8) is 0 Å². The van der Waals surface area contributed by atoms with Crippen LogP contribution in [0, 0.1) is 0 Å². The normalized spacial score (nSPS) is 15.3. The van der Waals surface area contributed by atoms with Crippen LogP contribution in [-0.2, 0) is 11.2 Å². The summed E-state index contributed by atoms with van der Waals surface area (Å²) in [6, 6.07) is 8.87. The minimum atomic E-state index is 0.796. The van der Waals surface area contributed by atoms with E-state index in [4.69, 9.17) is 4.74 Å². The molecule has 2 rings (SSSR count). The number of benzene rings is 1. The molecule has 0 bridgehead atoms. The van der Waals surface area contributed by atoms with E-state index in [0.29, 0.717) is 0 Å². The molecule has 0 heterocycles. The summed E-state index contributed by atoms with van der Waals surface area (Å²) in [5.41, 5.74) is 3.10. The monoisotopic (exact) mass is 219 g/mol. The smallest absolute Gasteiger partial charge is 0.0587 e. The second-order valence-corrected chi connectivity index (χ2v) is 4.47. The Bertz CT molecular complexity index is 320. The molecule has 1 aliphatic carbocycles. The summed E-state index contributed by atoms with van der Waals surface area (Å²) in [6.45, 7) is 2.79. The zero-order valence-corrected chi connectivity index (χ0v) is 10.0. The van der Waals surface area contributed by atoms with Crippen molar-refractivity contribution in [1.29, 1.82) is 0 Å². The van der Waals surface area contributed by atoms with E-state index in [9.17, 15) is 0 Å². The van der Waals surface area contributed by atoms with Crippen LogP contribution in [0.4, 0.5) is 0 Å². The van der Waals surface area contributed by atoms with Crippen molar-refractivity contribution in [2.45, 2.75) is 25.2 Å². The number of ether oxygens (including phenoxy) is 1. The Morgan fingerprint density at radius 2 is 2.06 bits per heavy atom. The molecule has 0 saturated heterocycles. The van der Waals surface area contributed by atoms with Crippen LogP contribution in [0.15, 0.2) is 24.3 Å². The quantitative estimate of drug-likeness (QED) is 0.711. The molecule has 1 fully saturated rings. The van der Waals surface area contributed by atoms with Gasteiger partial charge in [0.15, 0.2) is 0 Å². The molecule has 2 nitrogen and oxygen atoms in total. The highest BCUT2D eigenvalue weighted by Gasteiger charge is 2.25. The maximum atomic E-state index is 5.00. The summed E-state index contributed by atoms with van der Waals surface area (Å²) < 4.78 is 5.00. The summed E-state index contributed by atoms with van der Waals surface area (Å²) in [5.74, 6) is 0.857. The lowest BCUT2D eigenvalue weighted by molar-refractivity contribution is 0.199. The van der Waals surface area contributed by atoms with Crippen LogP contribution in [0.25, 0.3) is 0 Å². The Balaban J connectivity index is 1.79. The average Bonchev–Trinajstić information content (AvgIpc) is 3.13. The van der Waals surface area contributed by atoms with E-state index >= 15 is 0 Å². The van der Waals surface area contributed by atoms with E-state index in [-0.39, 0.29) is 0 Å². The number of nitrogens with one attached hydrogen (secondary N) is 1. The summed E-state index contributed by atoms with van der Waals surface area (Å²) in [5, 5.41) is 3.40. The zero-order chi connectivity index (χ0) is 11.2. The van der Waals surface area contributed by atoms with E-state index in [2.05, 4.69) is 29.6 Å². The summed E-state index contributed by atoms with van der Waals surface area (Å²) in [6.07, 6.45) is 3.90. The van der Waals surface area contributed by atoms with Crippen LogP contribution in [0.2, 0.25) is 0 Å². The highest BCUT2D eigenvalue weighted by molar-refractivity contribution is 5.33. The Morgan fingerprint density at radius 3 is 2.81 bits per heavy atom. The van der Waals surface area contributed by atoms with Crippen molar-refractivity contribution in [2.75, 3.05) is 26.8 Å². The molecule has 1 aliphatic rings. The fourth-order valence-electron chi connectivity index (χ4n) is 2.08. The topological polar surface area (TPSA) is 21.3 Å². The predicted molar refractivity (Wildman–Crippen MR) is 66.9 cm³/mol. The second-order valence-electron chi connectivity index (χ2n) is 4.47. The van der Waals surface area contributed by atoms with Gasteiger partial charge >= 0.3 is 0 Å². The Hall–Kier alpha value is -0.860. The SMILES string of the molecule is COCCNCCc1ccccc1C1CC1. The van der Waals surface area contributed by atoms with Gasteiger partial charge in [-0.25, -0.2) is 0 Å². The fourth-order valence-corrected chi connectivity index (χ4v) is 2.08. The standard InChI is InChI=1S/C14H21NO/c1-16-11-10-15-9-8-12-4-2-3-5-14(12)13-6-7-13/h2-5,13,15H,6-11H2,1H3. The average molecular weight is 219 g/mol. The van der Waals surface area contributed by atoms with Crippen molar-refractivity contribution in [1.82, 2.24) is 5.32 Å². The van der Waals surface area contributed by atoms with Crippen LogP contribution < -0.4 is 5.32 Å². The Morgan fingerprint density at radius 1 is 1.25 bits per heavy atom. The van der Waals surface area contributed by atoms with Gasteiger partial charge in [0.2, 0.25) is 0 Å². The lowest BCUT2D eigenvalue weighted by Crippen LogP contribution is -2.22. The van der Waals surface area contributed by atoms with Gasteiger partial charge in [-0.2, -0.15) is 0 Å². The summed E-state index contributed by atoms with van der Waals surface area (Å²) in [4.78, 5) is 0. The lowest BCUT2D eigenvalue weighted by Gasteiger charge is -2.09. The first kappa shape index (κ1) is 11.6. The number of methoxy groups -OCH3 is 1. The Labute approximate surface area is 98.0 Å². The third-order valence-corrected chi connectivity index (χ3v) is 3.13. The minimum absolute atomic E-state index is 0.796. The fraction of sp³-hybridized carbons (Fsp3) is 0.571. The molecule has 0 amide bonds. The van der Waals surface area contributed by atoms with Crippen LogP contribution in [0.1, 0.15) is 29.9 Å². The van der Waals surface area contributed by atoms with Gasteiger partial charge in [-0.1, -0.05) is 24.3 Å². The number of hydrogen-bond donors (Lipinski definition) is 1. The van der Waals surface area contributed by atoms with Crippen molar-refractivity contribution in [2.24, 2.45) is 0 Å². The highest BCUT2D eigenvalue weighted by atomic mass is 16.5. The van der Waals surface area contributed by atoms with Crippen molar-refractivity contribution >= 4 is 0 Å². The van der Waals surface area contributed by atoms with Gasteiger partial charge in [0.05, 0.1) is 6.61 Å². The van der Waals surface area contributed by atoms with Gasteiger partial charge in [0.25, 0.3) is 0 Å². The number of hydrogen-bond acceptors (Lipinski definition) is 2. The lowest BCUT2D eigenvalue weighted by atomic mass is 10.0. The van der Waals surface area contributed by atoms with Gasteiger partial charge in [0, 0.05) is 13.7 Å². The van der Waals surface area contributed by atoms with E-state index < -0.39 is 0 Å². The largest absolute Gasteiger partial charge is 0.383 e. The molecule has 16 heavy (non-hydrogen) atoms. The molecule has 0 unspecified atom stereocenters. The van der Waals surface area contributed by atoms with E-state index in [1.807, 2.05) is 0 Å². The van der Waals surface area contributed by atoms with Gasteiger partial charge in [-0.3, -0.25) is 0 Å². The van der Waals surface area contributed by atoms with Gasteiger partial charge < -0.3 is 10.1 Å². The molecular formula is C14H21NO. The van der Waals surface area contributed by atoms with Crippen LogP contribution >= 0.6 is 0 Å². The highest BCUT2D eigenvalue weighted by Crippen LogP contribution is 2.41. The molecule has 2 heteroatoms. The molecule has 0 aromatic heterocycles. The molecule has 0 radical (unpaired) electrons. The molecule has 0 aliphatic heterocycles.